The van der Waals surface area contributed by atoms with E-state index < -0.39 is 5.97 Å². The SMILES string of the molecule is COCSc1ccc(C(=O)O)cn1. The summed E-state index contributed by atoms with van der Waals surface area (Å²) < 4.78 is 4.83. The van der Waals surface area contributed by atoms with Crippen molar-refractivity contribution >= 4 is 17.7 Å². The molecule has 0 atom stereocenters. The topological polar surface area (TPSA) is 59.4 Å². The number of thioether (sulfide) groups is 1. The number of aromatic nitrogens is 1. The van der Waals surface area contributed by atoms with Crippen LogP contribution in [0.3, 0.4) is 0 Å². The van der Waals surface area contributed by atoms with Gasteiger partial charge in [0, 0.05) is 13.3 Å². The molecule has 0 aromatic carbocycles. The third kappa shape index (κ3) is 3.04. The number of aromatic carboxylic acids is 1. The van der Waals surface area contributed by atoms with Crippen molar-refractivity contribution in [2.75, 3.05) is 13.0 Å². The monoisotopic (exact) mass is 199 g/mol. The van der Waals surface area contributed by atoms with E-state index in [4.69, 9.17) is 9.84 Å². The lowest BCUT2D eigenvalue weighted by Gasteiger charge is -1.98. The molecule has 0 aliphatic rings. The summed E-state index contributed by atoms with van der Waals surface area (Å²) in [5.74, 6) is -0.449. The van der Waals surface area contributed by atoms with E-state index in [1.165, 1.54) is 24.0 Å². The third-order valence-electron chi connectivity index (χ3n) is 1.31. The fraction of sp³-hybridized carbons (Fsp3) is 0.250. The van der Waals surface area contributed by atoms with Crippen molar-refractivity contribution in [3.8, 4) is 0 Å². The Morgan fingerprint density at radius 3 is 2.92 bits per heavy atom. The maximum atomic E-state index is 10.5. The Balaban J connectivity index is 2.64. The van der Waals surface area contributed by atoms with Crippen molar-refractivity contribution in [1.82, 2.24) is 4.98 Å². The van der Waals surface area contributed by atoms with E-state index in [0.29, 0.717) is 5.94 Å². The first-order valence-electron chi connectivity index (χ1n) is 3.55. The van der Waals surface area contributed by atoms with Gasteiger partial charge in [0.05, 0.1) is 16.5 Å². The smallest absolute Gasteiger partial charge is 0.337 e. The fourth-order valence-electron chi connectivity index (χ4n) is 0.711. The van der Waals surface area contributed by atoms with Gasteiger partial charge in [0.2, 0.25) is 0 Å². The molecule has 0 unspecified atom stereocenters. The first-order valence-corrected chi connectivity index (χ1v) is 4.53. The molecule has 0 bridgehead atoms. The fourth-order valence-corrected chi connectivity index (χ4v) is 1.24. The summed E-state index contributed by atoms with van der Waals surface area (Å²) in [4.78, 5) is 14.4. The number of ether oxygens (including phenoxy) is 1. The third-order valence-corrected chi connectivity index (χ3v) is 2.20. The molecule has 1 heterocycles. The Labute approximate surface area is 79.9 Å². The molecule has 1 aromatic heterocycles. The van der Waals surface area contributed by atoms with E-state index in [1.54, 1.807) is 13.2 Å². The highest BCUT2D eigenvalue weighted by Gasteiger charge is 2.02. The maximum absolute atomic E-state index is 10.5. The zero-order chi connectivity index (χ0) is 9.68. The molecule has 13 heavy (non-hydrogen) atoms. The maximum Gasteiger partial charge on any atom is 0.337 e. The summed E-state index contributed by atoms with van der Waals surface area (Å²) in [5.41, 5.74) is 0.196. The van der Waals surface area contributed by atoms with Crippen LogP contribution in [0.2, 0.25) is 0 Å². The molecule has 5 heteroatoms. The Bertz CT molecular complexity index is 286. The molecular weight excluding hydrogens is 190 g/mol. The van der Waals surface area contributed by atoms with E-state index >= 15 is 0 Å². The van der Waals surface area contributed by atoms with Crippen LogP contribution in [-0.4, -0.2) is 29.1 Å². The zero-order valence-electron chi connectivity index (χ0n) is 7.06. The average molecular weight is 199 g/mol. The second-order valence-corrected chi connectivity index (χ2v) is 3.18. The van der Waals surface area contributed by atoms with Gasteiger partial charge in [-0.2, -0.15) is 0 Å². The zero-order valence-corrected chi connectivity index (χ0v) is 7.87. The van der Waals surface area contributed by atoms with Crippen LogP contribution in [0.25, 0.3) is 0 Å². The number of carbonyl (C=O) groups is 1. The number of hydrogen-bond acceptors (Lipinski definition) is 4. The van der Waals surface area contributed by atoms with Gasteiger partial charge in [0.1, 0.15) is 0 Å². The number of hydrogen-bond donors (Lipinski definition) is 1. The van der Waals surface area contributed by atoms with Crippen LogP contribution in [-0.2, 0) is 4.74 Å². The molecule has 70 valence electrons. The lowest BCUT2D eigenvalue weighted by atomic mass is 10.3. The highest BCUT2D eigenvalue weighted by Crippen LogP contribution is 2.14. The number of methoxy groups -OCH3 is 1. The summed E-state index contributed by atoms with van der Waals surface area (Å²) >= 11 is 1.41. The highest BCUT2D eigenvalue weighted by molar-refractivity contribution is 7.99. The van der Waals surface area contributed by atoms with Crippen molar-refractivity contribution < 1.29 is 14.6 Å². The summed E-state index contributed by atoms with van der Waals surface area (Å²) in [6.45, 7) is 0. The molecule has 0 fully saturated rings. The highest BCUT2D eigenvalue weighted by atomic mass is 32.2. The van der Waals surface area contributed by atoms with E-state index in [0.717, 1.165) is 5.03 Å². The second kappa shape index (κ2) is 4.84. The first kappa shape index (κ1) is 10.0. The number of rotatable bonds is 4. The van der Waals surface area contributed by atoms with Gasteiger partial charge in [-0.25, -0.2) is 9.78 Å². The van der Waals surface area contributed by atoms with Crippen molar-refractivity contribution in [3.05, 3.63) is 23.9 Å². The predicted octanol–water partition coefficient (Wildman–Crippen LogP) is 1.48. The molecule has 0 amide bonds. The number of carboxylic acids is 1. The average Bonchev–Trinajstić information content (AvgIpc) is 2.15. The van der Waals surface area contributed by atoms with Gasteiger partial charge in [-0.05, 0) is 12.1 Å². The van der Waals surface area contributed by atoms with E-state index in [2.05, 4.69) is 4.98 Å². The molecule has 0 saturated heterocycles. The standard InChI is InChI=1S/C8H9NO3S/c1-12-5-13-7-3-2-6(4-9-7)8(10)11/h2-4H,5H2,1H3,(H,10,11). The van der Waals surface area contributed by atoms with Crippen LogP contribution >= 0.6 is 11.8 Å². The normalized spacial score (nSPS) is 9.92. The van der Waals surface area contributed by atoms with Crippen LogP contribution in [0.1, 0.15) is 10.4 Å². The van der Waals surface area contributed by atoms with Crippen LogP contribution < -0.4 is 0 Å². The lowest BCUT2D eigenvalue weighted by molar-refractivity contribution is 0.0696. The van der Waals surface area contributed by atoms with Crippen LogP contribution in [0, 0.1) is 0 Å². The second-order valence-electron chi connectivity index (χ2n) is 2.24. The van der Waals surface area contributed by atoms with Crippen molar-refractivity contribution in [3.63, 3.8) is 0 Å². The molecule has 1 aromatic rings. The first-order chi connectivity index (χ1) is 6.24. The largest absolute Gasteiger partial charge is 0.478 e. The Morgan fingerprint density at radius 2 is 2.46 bits per heavy atom. The Kier molecular flexibility index (Phi) is 3.72. The van der Waals surface area contributed by atoms with Gasteiger partial charge in [0.25, 0.3) is 0 Å². The minimum atomic E-state index is -0.962. The predicted molar refractivity (Wildman–Crippen MR) is 48.9 cm³/mol. The molecule has 1 rings (SSSR count). The quantitative estimate of drug-likeness (QED) is 0.588. The van der Waals surface area contributed by atoms with Crippen LogP contribution in [0.5, 0.6) is 0 Å². The minimum Gasteiger partial charge on any atom is -0.478 e. The van der Waals surface area contributed by atoms with Gasteiger partial charge in [-0.3, -0.25) is 0 Å². The molecule has 0 aliphatic carbocycles. The van der Waals surface area contributed by atoms with Crippen molar-refractivity contribution in [2.45, 2.75) is 5.03 Å². The van der Waals surface area contributed by atoms with E-state index in [1.807, 2.05) is 0 Å². The summed E-state index contributed by atoms with van der Waals surface area (Å²) in [6, 6.07) is 3.18. The number of pyridine rings is 1. The van der Waals surface area contributed by atoms with Crippen LogP contribution in [0.4, 0.5) is 0 Å². The molecule has 0 saturated carbocycles. The van der Waals surface area contributed by atoms with Gasteiger partial charge in [-0.15, -0.1) is 0 Å². The van der Waals surface area contributed by atoms with Gasteiger partial charge in [0.15, 0.2) is 0 Å². The summed E-state index contributed by atoms with van der Waals surface area (Å²) in [7, 11) is 1.60. The number of carboxylic acid groups (broad SMARTS) is 1. The van der Waals surface area contributed by atoms with Gasteiger partial charge >= 0.3 is 5.97 Å². The molecule has 0 radical (unpaired) electrons. The summed E-state index contributed by atoms with van der Waals surface area (Å²) in [6.07, 6.45) is 1.33. The lowest BCUT2D eigenvalue weighted by Crippen LogP contribution is -1.96. The Hall–Kier alpha value is -1.07. The van der Waals surface area contributed by atoms with E-state index in [9.17, 15) is 4.79 Å². The molecule has 0 aliphatic heterocycles. The molecule has 1 N–H and O–H groups in total. The summed E-state index contributed by atoms with van der Waals surface area (Å²) in [5, 5.41) is 9.34. The van der Waals surface area contributed by atoms with Crippen LogP contribution in [0.15, 0.2) is 23.4 Å². The van der Waals surface area contributed by atoms with Gasteiger partial charge < -0.3 is 9.84 Å². The van der Waals surface area contributed by atoms with Crippen molar-refractivity contribution in [1.29, 1.82) is 0 Å². The van der Waals surface area contributed by atoms with Gasteiger partial charge in [-0.1, -0.05) is 11.8 Å². The molecular formula is C8H9NO3S. The molecule has 4 nitrogen and oxygen atoms in total. The Morgan fingerprint density at radius 1 is 1.69 bits per heavy atom. The number of nitrogens with zero attached hydrogens (tertiary/aromatic N) is 1. The van der Waals surface area contributed by atoms with Crippen molar-refractivity contribution in [2.24, 2.45) is 0 Å². The van der Waals surface area contributed by atoms with E-state index in [-0.39, 0.29) is 5.56 Å². The minimum absolute atomic E-state index is 0.196. The molecule has 0 spiro atoms.